The normalized spacial score (nSPS) is 18.3. The maximum absolute atomic E-state index is 11.7. The third kappa shape index (κ3) is 3.48. The van der Waals surface area contributed by atoms with Crippen LogP contribution in [0.5, 0.6) is 0 Å². The molecule has 0 aromatic rings. The second-order valence-electron chi connectivity index (χ2n) is 4.39. The van der Waals surface area contributed by atoms with Crippen molar-refractivity contribution in [2.45, 2.75) is 52.1 Å². The minimum atomic E-state index is -1.23. The fourth-order valence-electron chi connectivity index (χ4n) is 1.16. The molecule has 0 aliphatic carbocycles. The number of carboxylic acids is 1. The summed E-state index contributed by atoms with van der Waals surface area (Å²) in [5.74, 6) is -1.41. The Morgan fingerprint density at radius 2 is 1.94 bits per heavy atom. The zero-order chi connectivity index (χ0) is 12.9. The standard InChI is InChI=1S/C11H22N2O3/c1-5-7(3)8(12)9(14)13-11(4,6-2)10(15)16/h7-8H,5-6,12H2,1-4H3,(H,13,14)(H,15,16)/t7-,8-,11?/m0/s1. The summed E-state index contributed by atoms with van der Waals surface area (Å²) >= 11 is 0. The van der Waals surface area contributed by atoms with E-state index in [1.54, 1.807) is 6.92 Å². The van der Waals surface area contributed by atoms with E-state index < -0.39 is 23.5 Å². The van der Waals surface area contributed by atoms with Gasteiger partial charge in [-0.05, 0) is 19.3 Å². The third-order valence-corrected chi connectivity index (χ3v) is 3.14. The van der Waals surface area contributed by atoms with Gasteiger partial charge in [0.2, 0.25) is 5.91 Å². The van der Waals surface area contributed by atoms with E-state index in [1.807, 2.05) is 13.8 Å². The molecule has 3 atom stereocenters. The summed E-state index contributed by atoms with van der Waals surface area (Å²) in [7, 11) is 0. The lowest BCUT2D eigenvalue weighted by atomic mass is 9.95. The van der Waals surface area contributed by atoms with Crippen LogP contribution in [-0.2, 0) is 9.59 Å². The van der Waals surface area contributed by atoms with Crippen LogP contribution in [0, 0.1) is 5.92 Å². The molecule has 5 heteroatoms. The second kappa shape index (κ2) is 5.84. The first-order valence-corrected chi connectivity index (χ1v) is 5.59. The highest BCUT2D eigenvalue weighted by molar-refractivity contribution is 5.89. The number of nitrogens with one attached hydrogen (secondary N) is 1. The van der Waals surface area contributed by atoms with Crippen LogP contribution in [0.2, 0.25) is 0 Å². The molecule has 0 heterocycles. The number of carbonyl (C=O) groups is 2. The summed E-state index contributed by atoms with van der Waals surface area (Å²) in [6.07, 6.45) is 1.10. The van der Waals surface area contributed by atoms with Crippen molar-refractivity contribution in [3.63, 3.8) is 0 Å². The van der Waals surface area contributed by atoms with Crippen molar-refractivity contribution in [1.29, 1.82) is 0 Å². The van der Waals surface area contributed by atoms with Crippen molar-refractivity contribution in [1.82, 2.24) is 5.32 Å². The van der Waals surface area contributed by atoms with Crippen molar-refractivity contribution in [3.8, 4) is 0 Å². The zero-order valence-corrected chi connectivity index (χ0v) is 10.4. The van der Waals surface area contributed by atoms with Gasteiger partial charge in [0.1, 0.15) is 5.54 Å². The van der Waals surface area contributed by atoms with Gasteiger partial charge in [0.15, 0.2) is 0 Å². The van der Waals surface area contributed by atoms with Crippen molar-refractivity contribution in [2.24, 2.45) is 11.7 Å². The molecule has 1 unspecified atom stereocenters. The van der Waals surface area contributed by atoms with Crippen LogP contribution in [0.4, 0.5) is 0 Å². The highest BCUT2D eigenvalue weighted by Crippen LogP contribution is 2.12. The van der Waals surface area contributed by atoms with Crippen LogP contribution in [0.25, 0.3) is 0 Å². The Labute approximate surface area is 96.4 Å². The maximum Gasteiger partial charge on any atom is 0.329 e. The Morgan fingerprint density at radius 3 is 2.25 bits per heavy atom. The lowest BCUT2D eigenvalue weighted by Gasteiger charge is -2.27. The van der Waals surface area contributed by atoms with Crippen LogP contribution in [0.15, 0.2) is 0 Å². The van der Waals surface area contributed by atoms with Crippen molar-refractivity contribution >= 4 is 11.9 Å². The molecule has 94 valence electrons. The summed E-state index contributed by atoms with van der Waals surface area (Å²) in [5, 5.41) is 11.5. The molecule has 5 nitrogen and oxygen atoms in total. The highest BCUT2D eigenvalue weighted by Gasteiger charge is 2.34. The van der Waals surface area contributed by atoms with E-state index >= 15 is 0 Å². The Balaban J connectivity index is 4.60. The smallest absolute Gasteiger partial charge is 0.329 e. The number of amides is 1. The first-order valence-electron chi connectivity index (χ1n) is 5.59. The van der Waals surface area contributed by atoms with Gasteiger partial charge >= 0.3 is 5.97 Å². The van der Waals surface area contributed by atoms with Gasteiger partial charge in [0.05, 0.1) is 6.04 Å². The Hall–Kier alpha value is -1.10. The van der Waals surface area contributed by atoms with Gasteiger partial charge in [-0.2, -0.15) is 0 Å². The molecule has 0 aromatic carbocycles. The fraction of sp³-hybridized carbons (Fsp3) is 0.818. The fourth-order valence-corrected chi connectivity index (χ4v) is 1.16. The van der Waals surface area contributed by atoms with Gasteiger partial charge in [0.25, 0.3) is 0 Å². The molecule has 0 aliphatic heterocycles. The van der Waals surface area contributed by atoms with E-state index in [4.69, 9.17) is 10.8 Å². The topological polar surface area (TPSA) is 92.4 Å². The molecular formula is C11H22N2O3. The number of carboxylic acid groups (broad SMARTS) is 1. The largest absolute Gasteiger partial charge is 0.480 e. The molecule has 0 spiro atoms. The van der Waals surface area contributed by atoms with Crippen LogP contribution >= 0.6 is 0 Å². The molecule has 16 heavy (non-hydrogen) atoms. The number of rotatable bonds is 6. The predicted molar refractivity (Wildman–Crippen MR) is 61.9 cm³/mol. The van der Waals surface area contributed by atoms with E-state index in [2.05, 4.69) is 5.32 Å². The van der Waals surface area contributed by atoms with Gasteiger partial charge in [-0.3, -0.25) is 4.79 Å². The summed E-state index contributed by atoms with van der Waals surface area (Å²) in [5.41, 5.74) is 4.49. The van der Waals surface area contributed by atoms with E-state index in [0.29, 0.717) is 6.42 Å². The highest BCUT2D eigenvalue weighted by atomic mass is 16.4. The van der Waals surface area contributed by atoms with Crippen LogP contribution < -0.4 is 11.1 Å². The van der Waals surface area contributed by atoms with Gasteiger partial charge in [-0.15, -0.1) is 0 Å². The Kier molecular flexibility index (Phi) is 5.44. The van der Waals surface area contributed by atoms with E-state index in [9.17, 15) is 9.59 Å². The van der Waals surface area contributed by atoms with Crippen LogP contribution in [-0.4, -0.2) is 28.6 Å². The maximum atomic E-state index is 11.7. The quantitative estimate of drug-likeness (QED) is 0.627. The molecule has 0 fully saturated rings. The second-order valence-corrected chi connectivity index (χ2v) is 4.39. The Bertz CT molecular complexity index is 268. The van der Waals surface area contributed by atoms with E-state index in [-0.39, 0.29) is 5.92 Å². The molecule has 0 saturated heterocycles. The Morgan fingerprint density at radius 1 is 1.44 bits per heavy atom. The molecule has 0 aromatic heterocycles. The molecule has 0 aliphatic rings. The number of nitrogens with two attached hydrogens (primary N) is 1. The van der Waals surface area contributed by atoms with Crippen LogP contribution in [0.3, 0.4) is 0 Å². The SMILES string of the molecule is CC[C@H](C)[C@H](N)C(=O)NC(C)(CC)C(=O)O. The lowest BCUT2D eigenvalue weighted by Crippen LogP contribution is -2.57. The average molecular weight is 230 g/mol. The third-order valence-electron chi connectivity index (χ3n) is 3.14. The molecule has 0 radical (unpaired) electrons. The monoisotopic (exact) mass is 230 g/mol. The molecule has 1 amide bonds. The lowest BCUT2D eigenvalue weighted by molar-refractivity contribution is -0.147. The van der Waals surface area contributed by atoms with Gasteiger partial charge in [-0.25, -0.2) is 4.79 Å². The number of aliphatic carboxylic acids is 1. The minimum Gasteiger partial charge on any atom is -0.480 e. The number of hydrogen-bond donors (Lipinski definition) is 3. The number of hydrogen-bond acceptors (Lipinski definition) is 3. The minimum absolute atomic E-state index is 0.0369. The first kappa shape index (κ1) is 14.9. The molecule has 0 bridgehead atoms. The summed E-state index contributed by atoms with van der Waals surface area (Å²) in [6, 6.07) is -0.657. The summed E-state index contributed by atoms with van der Waals surface area (Å²) in [6.45, 7) is 7.00. The van der Waals surface area contributed by atoms with Crippen LogP contribution in [0.1, 0.15) is 40.5 Å². The van der Waals surface area contributed by atoms with E-state index in [0.717, 1.165) is 6.42 Å². The number of carbonyl (C=O) groups excluding carboxylic acids is 1. The average Bonchev–Trinajstić information content (AvgIpc) is 2.26. The predicted octanol–water partition coefficient (Wildman–Crippen LogP) is 0.729. The van der Waals surface area contributed by atoms with Gasteiger partial charge in [-0.1, -0.05) is 27.2 Å². The zero-order valence-electron chi connectivity index (χ0n) is 10.4. The summed E-state index contributed by atoms with van der Waals surface area (Å²) < 4.78 is 0. The van der Waals surface area contributed by atoms with Crippen molar-refractivity contribution < 1.29 is 14.7 Å². The summed E-state index contributed by atoms with van der Waals surface area (Å²) in [4.78, 5) is 22.7. The molecule has 4 N–H and O–H groups in total. The van der Waals surface area contributed by atoms with Crippen molar-refractivity contribution in [2.75, 3.05) is 0 Å². The van der Waals surface area contributed by atoms with E-state index in [1.165, 1.54) is 6.92 Å². The first-order chi connectivity index (χ1) is 7.28. The van der Waals surface area contributed by atoms with Gasteiger partial charge in [0, 0.05) is 0 Å². The van der Waals surface area contributed by atoms with Gasteiger partial charge < -0.3 is 16.2 Å². The molecular weight excluding hydrogens is 208 g/mol. The van der Waals surface area contributed by atoms with Crippen molar-refractivity contribution in [3.05, 3.63) is 0 Å². The molecule has 0 rings (SSSR count). The molecule has 0 saturated carbocycles.